The van der Waals surface area contributed by atoms with E-state index in [1.165, 1.54) is 19.3 Å². The molecule has 1 saturated heterocycles. The second kappa shape index (κ2) is 10.7. The van der Waals surface area contributed by atoms with Crippen LogP contribution in [0.4, 0.5) is 4.79 Å². The molecule has 0 unspecified atom stereocenters. The predicted molar refractivity (Wildman–Crippen MR) is 125 cm³/mol. The summed E-state index contributed by atoms with van der Waals surface area (Å²) in [5, 5.41) is 0.675. The molecule has 3 amide bonds. The molecule has 2 N–H and O–H groups in total. The van der Waals surface area contributed by atoms with Crippen molar-refractivity contribution in [1.29, 1.82) is 0 Å². The van der Waals surface area contributed by atoms with Gasteiger partial charge in [0.05, 0.1) is 6.04 Å². The number of nitrogens with zero attached hydrogens (tertiary/aromatic N) is 3. The fourth-order valence-corrected chi connectivity index (χ4v) is 5.23. The molecule has 3 atom stereocenters. The Balaban J connectivity index is 1.64. The van der Waals surface area contributed by atoms with Crippen LogP contribution in [-0.4, -0.2) is 71.9 Å². The highest BCUT2D eigenvalue weighted by atomic mass is 35.5. The van der Waals surface area contributed by atoms with E-state index >= 15 is 0 Å². The predicted octanol–water partition coefficient (Wildman–Crippen LogP) is 3.76. The van der Waals surface area contributed by atoms with E-state index in [4.69, 9.17) is 17.3 Å². The molecule has 2 fully saturated rings. The van der Waals surface area contributed by atoms with E-state index < -0.39 is 6.04 Å². The van der Waals surface area contributed by atoms with Crippen molar-refractivity contribution < 1.29 is 9.59 Å². The first-order chi connectivity index (χ1) is 14.8. The number of amides is 3. The van der Waals surface area contributed by atoms with Crippen LogP contribution in [0.25, 0.3) is 0 Å². The van der Waals surface area contributed by atoms with Crippen LogP contribution in [0.5, 0.6) is 0 Å². The lowest BCUT2D eigenvalue weighted by Crippen LogP contribution is -2.59. The van der Waals surface area contributed by atoms with Gasteiger partial charge in [0, 0.05) is 44.3 Å². The van der Waals surface area contributed by atoms with Crippen LogP contribution in [0.1, 0.15) is 51.0 Å². The maximum Gasteiger partial charge on any atom is 0.319 e. The zero-order valence-electron chi connectivity index (χ0n) is 19.1. The Hall–Kier alpha value is -1.79. The van der Waals surface area contributed by atoms with Gasteiger partial charge in [0.15, 0.2) is 0 Å². The van der Waals surface area contributed by atoms with Crippen molar-refractivity contribution >= 4 is 23.5 Å². The fraction of sp³-hybridized carbons (Fsp3) is 0.667. The molecule has 1 aliphatic carbocycles. The molecular formula is C24H37ClN4O2. The van der Waals surface area contributed by atoms with Gasteiger partial charge in [-0.05, 0) is 49.3 Å². The number of carbonyl (C=O) groups excluding carboxylic acids is 2. The summed E-state index contributed by atoms with van der Waals surface area (Å²) in [6.45, 7) is 3.45. The highest BCUT2D eigenvalue weighted by Gasteiger charge is 2.39. The monoisotopic (exact) mass is 448 g/mol. The van der Waals surface area contributed by atoms with Gasteiger partial charge in [-0.25, -0.2) is 4.79 Å². The second-order valence-corrected chi connectivity index (χ2v) is 9.87. The number of benzene rings is 1. The summed E-state index contributed by atoms with van der Waals surface area (Å²) < 4.78 is 0. The lowest BCUT2D eigenvalue weighted by Gasteiger charge is -2.47. The Morgan fingerprint density at radius 3 is 2.35 bits per heavy atom. The van der Waals surface area contributed by atoms with Gasteiger partial charge in [-0.1, -0.05) is 49.9 Å². The molecule has 0 aromatic heterocycles. The van der Waals surface area contributed by atoms with E-state index in [2.05, 4.69) is 11.8 Å². The molecule has 0 bridgehead atoms. The second-order valence-electron chi connectivity index (χ2n) is 9.43. The normalized spacial score (nSPS) is 23.3. The number of urea groups is 1. The zero-order chi connectivity index (χ0) is 22.5. The van der Waals surface area contributed by atoms with Gasteiger partial charge in [-0.2, -0.15) is 0 Å². The summed E-state index contributed by atoms with van der Waals surface area (Å²) in [5.41, 5.74) is 7.28. The van der Waals surface area contributed by atoms with E-state index in [1.807, 2.05) is 43.3 Å². The number of nitrogens with two attached hydrogens (primary N) is 1. The Labute approximate surface area is 191 Å². The van der Waals surface area contributed by atoms with E-state index in [0.29, 0.717) is 30.6 Å². The van der Waals surface area contributed by atoms with Crippen molar-refractivity contribution in [3.05, 3.63) is 34.9 Å². The third kappa shape index (κ3) is 5.92. The minimum absolute atomic E-state index is 0.0107. The van der Waals surface area contributed by atoms with Gasteiger partial charge in [0.2, 0.25) is 5.91 Å². The molecule has 3 rings (SSSR count). The third-order valence-electron chi connectivity index (χ3n) is 6.79. The van der Waals surface area contributed by atoms with Crippen LogP contribution in [-0.2, 0) is 11.2 Å². The summed E-state index contributed by atoms with van der Waals surface area (Å²) in [5.74, 6) is 0.203. The number of hydrogen-bond acceptors (Lipinski definition) is 3. The third-order valence-corrected chi connectivity index (χ3v) is 7.04. The number of piperidine rings is 1. The molecule has 0 spiro atoms. The number of rotatable bonds is 5. The van der Waals surface area contributed by atoms with E-state index in [-0.39, 0.29) is 23.9 Å². The van der Waals surface area contributed by atoms with Crippen LogP contribution in [0, 0.1) is 5.92 Å². The largest absolute Gasteiger partial charge is 0.341 e. The van der Waals surface area contributed by atoms with Crippen molar-refractivity contribution in [2.24, 2.45) is 11.7 Å². The Morgan fingerprint density at radius 2 is 1.77 bits per heavy atom. The number of carbonyl (C=O) groups is 2. The highest BCUT2D eigenvalue weighted by Crippen LogP contribution is 2.31. The minimum Gasteiger partial charge on any atom is -0.341 e. The van der Waals surface area contributed by atoms with Crippen LogP contribution in [0.15, 0.2) is 24.3 Å². The van der Waals surface area contributed by atoms with E-state index in [1.54, 1.807) is 4.90 Å². The molecule has 31 heavy (non-hydrogen) atoms. The maximum atomic E-state index is 13.1. The average Bonchev–Trinajstić information content (AvgIpc) is 2.76. The summed E-state index contributed by atoms with van der Waals surface area (Å²) >= 11 is 5.95. The molecular weight excluding hydrogens is 412 g/mol. The summed E-state index contributed by atoms with van der Waals surface area (Å²) in [4.78, 5) is 31.8. The van der Waals surface area contributed by atoms with Gasteiger partial charge in [0.1, 0.15) is 0 Å². The van der Waals surface area contributed by atoms with Crippen molar-refractivity contribution in [3.8, 4) is 0 Å². The summed E-state index contributed by atoms with van der Waals surface area (Å²) in [7, 11) is 3.66. The molecule has 1 heterocycles. The highest BCUT2D eigenvalue weighted by molar-refractivity contribution is 6.30. The van der Waals surface area contributed by atoms with E-state index in [0.717, 1.165) is 24.8 Å². The Bertz CT molecular complexity index is 748. The zero-order valence-corrected chi connectivity index (χ0v) is 19.9. The van der Waals surface area contributed by atoms with E-state index in [9.17, 15) is 9.59 Å². The summed E-state index contributed by atoms with van der Waals surface area (Å²) in [6, 6.07) is 7.48. The van der Waals surface area contributed by atoms with Gasteiger partial charge >= 0.3 is 6.03 Å². The van der Waals surface area contributed by atoms with Gasteiger partial charge < -0.3 is 20.4 Å². The molecule has 2 aliphatic rings. The number of hydrogen-bond donors (Lipinski definition) is 1. The first kappa shape index (κ1) is 23.9. The fourth-order valence-electron chi connectivity index (χ4n) is 5.10. The Morgan fingerprint density at radius 1 is 1.13 bits per heavy atom. The van der Waals surface area contributed by atoms with Crippen LogP contribution >= 0.6 is 11.6 Å². The standard InChI is InChI=1S/C24H37ClN4O2/c1-17-16-28(23(30)21(26)15-18-9-11-19(25)12-10-18)14-13-22(17)29(24(31)27(2)3)20-7-5-4-6-8-20/h9-12,17,20-22H,4-8,13-16,26H2,1-3H3/t17-,21+,22-/m0/s1. The Kier molecular flexibility index (Phi) is 8.23. The van der Waals surface area contributed by atoms with Crippen molar-refractivity contribution in [2.75, 3.05) is 27.2 Å². The smallest absolute Gasteiger partial charge is 0.319 e. The molecule has 1 aromatic carbocycles. The average molecular weight is 449 g/mol. The van der Waals surface area contributed by atoms with Crippen LogP contribution in [0.2, 0.25) is 5.02 Å². The SMILES string of the molecule is C[C@H]1CN(C(=O)[C@H](N)Cc2ccc(Cl)cc2)CC[C@@H]1N(C(=O)N(C)C)C1CCCCC1. The molecule has 1 saturated carbocycles. The van der Waals surface area contributed by atoms with Gasteiger partial charge in [0.25, 0.3) is 0 Å². The lowest BCUT2D eigenvalue weighted by molar-refractivity contribution is -0.135. The topological polar surface area (TPSA) is 69.9 Å². The maximum absolute atomic E-state index is 13.1. The van der Waals surface area contributed by atoms with Gasteiger partial charge in [-0.3, -0.25) is 4.79 Å². The molecule has 7 heteroatoms. The number of likely N-dealkylation sites (tertiary alicyclic amines) is 1. The molecule has 1 aromatic rings. The number of halogens is 1. The molecule has 0 radical (unpaired) electrons. The molecule has 172 valence electrons. The molecule has 6 nitrogen and oxygen atoms in total. The van der Waals surface area contributed by atoms with Crippen molar-refractivity contribution in [1.82, 2.24) is 14.7 Å². The first-order valence-electron chi connectivity index (χ1n) is 11.6. The van der Waals surface area contributed by atoms with Crippen molar-refractivity contribution in [2.45, 2.75) is 70.0 Å². The summed E-state index contributed by atoms with van der Waals surface area (Å²) in [6.07, 6.45) is 7.10. The van der Waals surface area contributed by atoms with Crippen molar-refractivity contribution in [3.63, 3.8) is 0 Å². The molecule has 1 aliphatic heterocycles. The van der Waals surface area contributed by atoms with Gasteiger partial charge in [-0.15, -0.1) is 0 Å². The quantitative estimate of drug-likeness (QED) is 0.745. The first-order valence-corrected chi connectivity index (χ1v) is 11.9. The van der Waals surface area contributed by atoms with Crippen LogP contribution in [0.3, 0.4) is 0 Å². The van der Waals surface area contributed by atoms with Crippen LogP contribution < -0.4 is 5.73 Å². The lowest BCUT2D eigenvalue weighted by atomic mass is 9.87. The minimum atomic E-state index is -0.567.